The van der Waals surface area contributed by atoms with E-state index in [1.54, 1.807) is 6.26 Å². The lowest BCUT2D eigenvalue weighted by Gasteiger charge is -2.32. The Balaban J connectivity index is 1.96. The molecule has 88 valence electrons. The van der Waals surface area contributed by atoms with Crippen molar-refractivity contribution in [1.82, 2.24) is 0 Å². The number of benzene rings is 1. The van der Waals surface area contributed by atoms with E-state index in [9.17, 15) is 0 Å². The number of fused-ring (bicyclic) bond motifs is 1. The quantitative estimate of drug-likeness (QED) is 0.812. The van der Waals surface area contributed by atoms with Crippen molar-refractivity contribution in [2.24, 2.45) is 0 Å². The molecule has 2 aromatic rings. The van der Waals surface area contributed by atoms with Crippen LogP contribution in [0.2, 0.25) is 0 Å². The summed E-state index contributed by atoms with van der Waals surface area (Å²) >= 11 is 0. The third kappa shape index (κ3) is 1.78. The third-order valence-electron chi connectivity index (χ3n) is 3.05. The van der Waals surface area contributed by atoms with E-state index in [4.69, 9.17) is 9.15 Å². The monoisotopic (exact) mass is 229 g/mol. The molecule has 2 atom stereocenters. The fraction of sp³-hybridized carbons (Fsp3) is 0.286. The van der Waals surface area contributed by atoms with Crippen LogP contribution >= 0.6 is 0 Å². The minimum atomic E-state index is -0.0701. The van der Waals surface area contributed by atoms with Crippen LogP contribution in [0.15, 0.2) is 41.0 Å². The van der Waals surface area contributed by atoms with Crippen molar-refractivity contribution in [1.29, 1.82) is 0 Å². The molecule has 0 amide bonds. The van der Waals surface area contributed by atoms with E-state index in [-0.39, 0.29) is 12.1 Å². The lowest BCUT2D eigenvalue weighted by atomic mass is 10.1. The van der Waals surface area contributed by atoms with Gasteiger partial charge in [-0.15, -0.1) is 0 Å². The molecule has 0 saturated heterocycles. The van der Waals surface area contributed by atoms with Gasteiger partial charge in [-0.25, -0.2) is 0 Å². The number of rotatable bonds is 1. The standard InChI is InChI=1S/C14H15NO2/c1-9-5-6-11-13(8-9)17-14(10(2)15-11)12-4-3-7-16-12/h3-8,10,14-15H,1-2H3. The first-order valence-corrected chi connectivity index (χ1v) is 5.81. The lowest BCUT2D eigenvalue weighted by molar-refractivity contribution is 0.151. The Morgan fingerprint density at radius 2 is 2.12 bits per heavy atom. The number of furan rings is 1. The summed E-state index contributed by atoms with van der Waals surface area (Å²) in [5.74, 6) is 1.75. The van der Waals surface area contributed by atoms with Gasteiger partial charge in [-0.1, -0.05) is 6.07 Å². The highest BCUT2D eigenvalue weighted by molar-refractivity contribution is 5.60. The molecule has 2 heterocycles. The highest BCUT2D eigenvalue weighted by Crippen LogP contribution is 2.37. The van der Waals surface area contributed by atoms with Gasteiger partial charge in [0.25, 0.3) is 0 Å². The van der Waals surface area contributed by atoms with E-state index in [0.717, 1.165) is 17.2 Å². The van der Waals surface area contributed by atoms with Gasteiger partial charge in [-0.05, 0) is 43.7 Å². The molecule has 1 aromatic carbocycles. The Kier molecular flexibility index (Phi) is 2.32. The van der Waals surface area contributed by atoms with Crippen molar-refractivity contribution in [3.63, 3.8) is 0 Å². The second-order valence-electron chi connectivity index (χ2n) is 4.49. The SMILES string of the molecule is Cc1ccc2c(c1)OC(c1ccco1)C(C)N2. The van der Waals surface area contributed by atoms with Gasteiger partial charge in [-0.2, -0.15) is 0 Å². The van der Waals surface area contributed by atoms with E-state index in [1.165, 1.54) is 5.56 Å². The predicted octanol–water partition coefficient (Wildman–Crippen LogP) is 3.52. The first-order valence-electron chi connectivity index (χ1n) is 5.81. The van der Waals surface area contributed by atoms with Crippen LogP contribution in [-0.4, -0.2) is 6.04 Å². The van der Waals surface area contributed by atoms with Gasteiger partial charge in [0.05, 0.1) is 18.0 Å². The van der Waals surface area contributed by atoms with Gasteiger partial charge >= 0.3 is 0 Å². The van der Waals surface area contributed by atoms with Gasteiger partial charge < -0.3 is 14.5 Å². The van der Waals surface area contributed by atoms with Crippen LogP contribution < -0.4 is 10.1 Å². The topological polar surface area (TPSA) is 34.4 Å². The number of ether oxygens (including phenoxy) is 1. The van der Waals surface area contributed by atoms with E-state index in [2.05, 4.69) is 31.3 Å². The van der Waals surface area contributed by atoms with Crippen LogP contribution in [-0.2, 0) is 0 Å². The average Bonchev–Trinajstić information content (AvgIpc) is 2.82. The van der Waals surface area contributed by atoms with Gasteiger partial charge in [0, 0.05) is 0 Å². The molecule has 1 aliphatic heterocycles. The van der Waals surface area contributed by atoms with Crippen LogP contribution in [0, 0.1) is 6.92 Å². The fourth-order valence-corrected chi connectivity index (χ4v) is 2.16. The second kappa shape index (κ2) is 3.84. The van der Waals surface area contributed by atoms with Gasteiger partial charge in [-0.3, -0.25) is 0 Å². The number of nitrogens with one attached hydrogen (secondary N) is 1. The largest absolute Gasteiger partial charge is 0.478 e. The summed E-state index contributed by atoms with van der Waals surface area (Å²) < 4.78 is 11.4. The van der Waals surface area contributed by atoms with Crippen molar-refractivity contribution in [3.05, 3.63) is 47.9 Å². The average molecular weight is 229 g/mol. The van der Waals surface area contributed by atoms with E-state index < -0.39 is 0 Å². The minimum Gasteiger partial charge on any atom is -0.478 e. The Morgan fingerprint density at radius 3 is 2.88 bits per heavy atom. The molecule has 1 N–H and O–H groups in total. The second-order valence-corrected chi connectivity index (χ2v) is 4.49. The zero-order chi connectivity index (χ0) is 11.8. The normalized spacial score (nSPS) is 22.5. The van der Waals surface area contributed by atoms with Crippen molar-refractivity contribution in [2.75, 3.05) is 5.32 Å². The Hall–Kier alpha value is -1.90. The van der Waals surface area contributed by atoms with E-state index in [1.807, 2.05) is 18.2 Å². The Morgan fingerprint density at radius 1 is 1.24 bits per heavy atom. The van der Waals surface area contributed by atoms with Crippen LogP contribution in [0.5, 0.6) is 5.75 Å². The van der Waals surface area contributed by atoms with Crippen molar-refractivity contribution in [2.45, 2.75) is 26.0 Å². The summed E-state index contributed by atoms with van der Waals surface area (Å²) in [7, 11) is 0. The molecule has 0 radical (unpaired) electrons. The van der Waals surface area contributed by atoms with Gasteiger partial charge in [0.1, 0.15) is 11.5 Å². The summed E-state index contributed by atoms with van der Waals surface area (Å²) in [6.45, 7) is 4.15. The molecule has 1 aliphatic rings. The molecule has 0 saturated carbocycles. The molecule has 3 heteroatoms. The summed E-state index contributed by atoms with van der Waals surface area (Å²) in [6.07, 6.45) is 1.61. The highest BCUT2D eigenvalue weighted by atomic mass is 16.5. The maximum absolute atomic E-state index is 6.01. The highest BCUT2D eigenvalue weighted by Gasteiger charge is 2.29. The van der Waals surface area contributed by atoms with Crippen molar-refractivity contribution >= 4 is 5.69 Å². The number of hydrogen-bond acceptors (Lipinski definition) is 3. The van der Waals surface area contributed by atoms with Crippen LogP contribution in [0.25, 0.3) is 0 Å². The smallest absolute Gasteiger partial charge is 0.176 e. The molecule has 17 heavy (non-hydrogen) atoms. The zero-order valence-electron chi connectivity index (χ0n) is 9.94. The summed E-state index contributed by atoms with van der Waals surface area (Å²) in [5.41, 5.74) is 2.24. The fourth-order valence-electron chi connectivity index (χ4n) is 2.16. The van der Waals surface area contributed by atoms with Crippen molar-refractivity contribution in [3.8, 4) is 5.75 Å². The maximum atomic E-state index is 6.01. The van der Waals surface area contributed by atoms with Gasteiger partial charge in [0.15, 0.2) is 6.10 Å². The third-order valence-corrected chi connectivity index (χ3v) is 3.05. The summed E-state index contributed by atoms with van der Waals surface area (Å²) in [4.78, 5) is 0. The molecule has 0 fully saturated rings. The summed E-state index contributed by atoms with van der Waals surface area (Å²) in [5, 5.41) is 3.44. The molecular weight excluding hydrogens is 214 g/mol. The number of aryl methyl sites for hydroxylation is 1. The maximum Gasteiger partial charge on any atom is 0.176 e. The van der Waals surface area contributed by atoms with E-state index in [0.29, 0.717) is 0 Å². The lowest BCUT2D eigenvalue weighted by Crippen LogP contribution is -2.32. The molecule has 3 nitrogen and oxygen atoms in total. The molecule has 0 bridgehead atoms. The predicted molar refractivity (Wildman–Crippen MR) is 66.3 cm³/mol. The molecular formula is C14H15NO2. The number of hydrogen-bond donors (Lipinski definition) is 1. The molecule has 3 rings (SSSR count). The molecule has 0 spiro atoms. The van der Waals surface area contributed by atoms with Crippen LogP contribution in [0.3, 0.4) is 0 Å². The minimum absolute atomic E-state index is 0.0701. The number of anilines is 1. The molecule has 0 aliphatic carbocycles. The van der Waals surface area contributed by atoms with E-state index >= 15 is 0 Å². The Labute approximate surface area is 100 Å². The molecule has 2 unspecified atom stereocenters. The summed E-state index contributed by atoms with van der Waals surface area (Å²) in [6, 6.07) is 10.2. The zero-order valence-corrected chi connectivity index (χ0v) is 9.94. The van der Waals surface area contributed by atoms with Crippen LogP contribution in [0.1, 0.15) is 24.4 Å². The molecule has 1 aromatic heterocycles. The van der Waals surface area contributed by atoms with Crippen LogP contribution in [0.4, 0.5) is 5.69 Å². The van der Waals surface area contributed by atoms with Crippen molar-refractivity contribution < 1.29 is 9.15 Å². The van der Waals surface area contributed by atoms with Gasteiger partial charge in [0.2, 0.25) is 0 Å². The first-order chi connectivity index (χ1) is 8.24. The Bertz CT molecular complexity index is 519. The first kappa shape index (κ1) is 10.3.